The van der Waals surface area contributed by atoms with Crippen LogP contribution in [0.5, 0.6) is 0 Å². The van der Waals surface area contributed by atoms with E-state index in [9.17, 15) is 25.0 Å². The summed E-state index contributed by atoms with van der Waals surface area (Å²) < 4.78 is 0. The van der Waals surface area contributed by atoms with Gasteiger partial charge < -0.3 is 5.32 Å². The highest BCUT2D eigenvalue weighted by Crippen LogP contribution is 2.26. The predicted octanol–water partition coefficient (Wildman–Crippen LogP) is 3.80. The molecule has 0 aliphatic heterocycles. The number of non-ortho nitro benzene ring substituents is 2. The number of benzene rings is 3. The number of amides is 1. The van der Waals surface area contributed by atoms with Gasteiger partial charge in [0.2, 0.25) is 0 Å². The summed E-state index contributed by atoms with van der Waals surface area (Å²) in [7, 11) is 0. The van der Waals surface area contributed by atoms with E-state index in [1.54, 1.807) is 19.1 Å². The zero-order valence-corrected chi connectivity index (χ0v) is 16.1. The highest BCUT2D eigenvalue weighted by molar-refractivity contribution is 6.06. The number of nitrogens with zero attached hydrogens (tertiary/aromatic N) is 5. The Morgan fingerprint density at radius 3 is 2.06 bits per heavy atom. The summed E-state index contributed by atoms with van der Waals surface area (Å²) in [6.45, 7) is 1.76. The van der Waals surface area contributed by atoms with Crippen molar-refractivity contribution in [3.63, 3.8) is 0 Å². The average Bonchev–Trinajstić information content (AvgIpc) is 3.16. The van der Waals surface area contributed by atoms with E-state index in [1.807, 2.05) is 30.3 Å². The molecule has 11 heteroatoms. The number of para-hydroxylation sites is 1. The molecule has 1 aromatic heterocycles. The van der Waals surface area contributed by atoms with Crippen LogP contribution in [0, 0.1) is 27.2 Å². The van der Waals surface area contributed by atoms with Gasteiger partial charge in [0, 0.05) is 17.8 Å². The van der Waals surface area contributed by atoms with Crippen LogP contribution >= 0.6 is 0 Å². The zero-order valence-electron chi connectivity index (χ0n) is 16.1. The molecule has 0 aliphatic carbocycles. The van der Waals surface area contributed by atoms with Gasteiger partial charge in [-0.05, 0) is 36.8 Å². The lowest BCUT2D eigenvalue weighted by Crippen LogP contribution is -2.13. The van der Waals surface area contributed by atoms with E-state index < -0.39 is 27.1 Å². The first-order chi connectivity index (χ1) is 14.8. The maximum Gasteiger partial charge on any atom is 0.277 e. The number of nitrogens with one attached hydrogen (secondary N) is 1. The van der Waals surface area contributed by atoms with Crippen molar-refractivity contribution in [3.05, 3.63) is 92.0 Å². The van der Waals surface area contributed by atoms with Crippen LogP contribution in [-0.2, 0) is 0 Å². The zero-order chi connectivity index (χ0) is 22.1. The highest BCUT2D eigenvalue weighted by Gasteiger charge is 2.20. The number of nitro groups is 2. The molecule has 0 unspecified atom stereocenters. The molecule has 0 spiro atoms. The summed E-state index contributed by atoms with van der Waals surface area (Å²) in [5.74, 6) is -0.718. The molecule has 3 aromatic carbocycles. The minimum atomic E-state index is -0.789. The Labute approximate surface area is 174 Å². The van der Waals surface area contributed by atoms with Crippen molar-refractivity contribution in [2.75, 3.05) is 5.32 Å². The van der Waals surface area contributed by atoms with Gasteiger partial charge in [-0.15, -0.1) is 10.2 Å². The summed E-state index contributed by atoms with van der Waals surface area (Å²) in [4.78, 5) is 34.7. The molecule has 4 rings (SSSR count). The number of fused-ring (bicyclic) bond motifs is 1. The van der Waals surface area contributed by atoms with E-state index in [-0.39, 0.29) is 5.56 Å². The number of aromatic nitrogens is 3. The Morgan fingerprint density at radius 2 is 1.48 bits per heavy atom. The fourth-order valence-corrected chi connectivity index (χ4v) is 3.01. The Morgan fingerprint density at radius 1 is 0.903 bits per heavy atom. The number of hydrogen-bond acceptors (Lipinski definition) is 7. The van der Waals surface area contributed by atoms with E-state index in [4.69, 9.17) is 0 Å². The summed E-state index contributed by atoms with van der Waals surface area (Å²) in [6, 6.07) is 15.4. The molecular weight excluding hydrogens is 404 g/mol. The van der Waals surface area contributed by atoms with Crippen molar-refractivity contribution < 1.29 is 14.6 Å². The topological polar surface area (TPSA) is 146 Å². The molecule has 0 radical (unpaired) electrons. The smallest absolute Gasteiger partial charge is 0.277 e. The number of hydrogen-bond donors (Lipinski definition) is 1. The van der Waals surface area contributed by atoms with Crippen molar-refractivity contribution >= 4 is 34.0 Å². The van der Waals surface area contributed by atoms with Crippen molar-refractivity contribution in [2.24, 2.45) is 0 Å². The molecule has 4 aromatic rings. The molecule has 0 aliphatic rings. The lowest BCUT2D eigenvalue weighted by molar-refractivity contribution is -0.394. The van der Waals surface area contributed by atoms with Gasteiger partial charge >= 0.3 is 0 Å². The number of carbonyl (C=O) groups is 1. The quantitative estimate of drug-likeness (QED) is 0.383. The van der Waals surface area contributed by atoms with Gasteiger partial charge in [0.1, 0.15) is 11.0 Å². The minimum Gasteiger partial charge on any atom is -0.322 e. The molecule has 0 bridgehead atoms. The van der Waals surface area contributed by atoms with Gasteiger partial charge in [0.05, 0.1) is 27.2 Å². The van der Waals surface area contributed by atoms with Gasteiger partial charge in [-0.3, -0.25) is 25.0 Å². The number of rotatable bonds is 5. The van der Waals surface area contributed by atoms with Gasteiger partial charge in [-0.2, -0.15) is 4.80 Å². The number of carbonyl (C=O) groups excluding carboxylic acids is 1. The molecular formula is C20H14N6O5. The lowest BCUT2D eigenvalue weighted by Gasteiger charge is -2.08. The van der Waals surface area contributed by atoms with Crippen LogP contribution in [-0.4, -0.2) is 30.7 Å². The van der Waals surface area contributed by atoms with Crippen molar-refractivity contribution in [1.29, 1.82) is 0 Å². The Kier molecular flexibility index (Phi) is 4.83. The van der Waals surface area contributed by atoms with E-state index in [0.717, 1.165) is 23.9 Å². The first-order valence-electron chi connectivity index (χ1n) is 9.00. The molecule has 1 heterocycles. The normalized spacial score (nSPS) is 10.7. The molecule has 11 nitrogen and oxygen atoms in total. The van der Waals surface area contributed by atoms with Gasteiger partial charge in [-0.1, -0.05) is 18.2 Å². The van der Waals surface area contributed by atoms with E-state index >= 15 is 0 Å². The summed E-state index contributed by atoms with van der Waals surface area (Å²) in [5.41, 5.74) is 1.71. The number of aryl methyl sites for hydroxylation is 1. The minimum absolute atomic E-state index is 0.201. The molecule has 0 atom stereocenters. The molecule has 0 fully saturated rings. The monoisotopic (exact) mass is 418 g/mol. The largest absolute Gasteiger partial charge is 0.322 e. The van der Waals surface area contributed by atoms with Crippen LogP contribution in [0.2, 0.25) is 0 Å². The highest BCUT2D eigenvalue weighted by atomic mass is 16.6. The maximum atomic E-state index is 12.7. The molecule has 1 N–H and O–H groups in total. The van der Waals surface area contributed by atoms with Gasteiger partial charge in [0.25, 0.3) is 17.3 Å². The second kappa shape index (κ2) is 7.63. The first-order valence-corrected chi connectivity index (χ1v) is 9.00. The Bertz CT molecular complexity index is 1320. The van der Waals surface area contributed by atoms with E-state index in [0.29, 0.717) is 22.3 Å². The average molecular weight is 418 g/mol. The SMILES string of the molecule is Cc1cc2nn(-c3ccccc3)nc2cc1NC(=O)c1cc([N+](=O)[O-])cc([N+](=O)[O-])c1. The van der Waals surface area contributed by atoms with Crippen molar-refractivity contribution in [1.82, 2.24) is 15.0 Å². The third-order valence-electron chi connectivity index (χ3n) is 4.55. The Hall–Kier alpha value is -4.67. The maximum absolute atomic E-state index is 12.7. The third-order valence-corrected chi connectivity index (χ3v) is 4.55. The van der Waals surface area contributed by atoms with Gasteiger partial charge in [-0.25, -0.2) is 0 Å². The summed E-state index contributed by atoms with van der Waals surface area (Å²) in [6.07, 6.45) is 0. The van der Waals surface area contributed by atoms with Crippen molar-refractivity contribution in [3.8, 4) is 5.69 Å². The second-order valence-electron chi connectivity index (χ2n) is 6.69. The summed E-state index contributed by atoms with van der Waals surface area (Å²) >= 11 is 0. The van der Waals surface area contributed by atoms with Crippen LogP contribution in [0.1, 0.15) is 15.9 Å². The first kappa shape index (κ1) is 19.6. The van der Waals surface area contributed by atoms with Crippen LogP contribution in [0.3, 0.4) is 0 Å². The Balaban J connectivity index is 1.68. The third kappa shape index (κ3) is 3.92. The molecule has 0 saturated heterocycles. The van der Waals surface area contributed by atoms with Crippen LogP contribution in [0.4, 0.5) is 17.1 Å². The van der Waals surface area contributed by atoms with Crippen LogP contribution in [0.25, 0.3) is 16.7 Å². The lowest BCUT2D eigenvalue weighted by atomic mass is 10.1. The van der Waals surface area contributed by atoms with Crippen LogP contribution < -0.4 is 5.32 Å². The number of nitro benzene ring substituents is 2. The summed E-state index contributed by atoms with van der Waals surface area (Å²) in [5, 5.41) is 33.6. The second-order valence-corrected chi connectivity index (χ2v) is 6.69. The fourth-order valence-electron chi connectivity index (χ4n) is 3.01. The standard InChI is InChI=1S/C20H14N6O5/c1-12-7-18-19(23-24(22-18)14-5-3-2-4-6-14)11-17(12)21-20(27)13-8-15(25(28)29)10-16(9-13)26(30)31/h2-11H,1H3,(H,21,27). The van der Waals surface area contributed by atoms with Gasteiger partial charge in [0.15, 0.2) is 0 Å². The van der Waals surface area contributed by atoms with E-state index in [2.05, 4.69) is 15.5 Å². The molecule has 31 heavy (non-hydrogen) atoms. The van der Waals surface area contributed by atoms with Crippen LogP contribution in [0.15, 0.2) is 60.7 Å². The molecule has 0 saturated carbocycles. The predicted molar refractivity (Wildman–Crippen MR) is 111 cm³/mol. The molecule has 154 valence electrons. The van der Waals surface area contributed by atoms with E-state index in [1.165, 1.54) is 4.80 Å². The number of anilines is 1. The molecule has 1 amide bonds. The van der Waals surface area contributed by atoms with Crippen molar-refractivity contribution in [2.45, 2.75) is 6.92 Å². The fraction of sp³-hybridized carbons (Fsp3) is 0.0500.